The molecule has 0 radical (unpaired) electrons. The van der Waals surface area contributed by atoms with Crippen LogP contribution in [0.3, 0.4) is 0 Å². The number of nitrogens with one attached hydrogen (secondary N) is 5. The lowest BCUT2D eigenvalue weighted by Gasteiger charge is -2.13. The average Bonchev–Trinajstić information content (AvgIpc) is 3.18. The van der Waals surface area contributed by atoms with Gasteiger partial charge in [0.05, 0.1) is 52.9 Å². The maximum absolute atomic E-state index is 12.1. The van der Waals surface area contributed by atoms with E-state index in [1.165, 1.54) is 0 Å². The zero-order valence-electron chi connectivity index (χ0n) is 30.0. The van der Waals surface area contributed by atoms with E-state index in [4.69, 9.17) is 24.7 Å². The average molecular weight is 730 g/mol. The first-order valence-corrected chi connectivity index (χ1v) is 17.7. The van der Waals surface area contributed by atoms with Gasteiger partial charge in [-0.25, -0.2) is 0 Å². The number of aromatic hydroxyl groups is 1. The molecular formula is C38H51N9O6. The van der Waals surface area contributed by atoms with Crippen LogP contribution in [0.15, 0.2) is 85.4 Å². The van der Waals surface area contributed by atoms with Crippen molar-refractivity contribution in [2.45, 2.75) is 6.42 Å². The fraction of sp³-hybridized carbons (Fsp3) is 0.368. The third-order valence-corrected chi connectivity index (χ3v) is 7.45. The predicted octanol–water partition coefficient (Wildman–Crippen LogP) is 3.40. The van der Waals surface area contributed by atoms with Crippen molar-refractivity contribution < 1.29 is 28.8 Å². The molecule has 1 aromatic heterocycles. The van der Waals surface area contributed by atoms with Crippen LogP contribution >= 0.6 is 0 Å². The minimum Gasteiger partial charge on any atom is -0.508 e. The second-order valence-corrected chi connectivity index (χ2v) is 11.5. The number of ether oxygens (including phenoxy) is 4. The molecule has 0 saturated carbocycles. The van der Waals surface area contributed by atoms with E-state index < -0.39 is 0 Å². The van der Waals surface area contributed by atoms with Crippen molar-refractivity contribution in [1.29, 1.82) is 0 Å². The molecule has 1 amide bonds. The normalized spacial score (nSPS) is 10.8. The van der Waals surface area contributed by atoms with E-state index in [1.54, 1.807) is 24.3 Å². The van der Waals surface area contributed by atoms with Gasteiger partial charge in [0.2, 0.25) is 17.8 Å². The molecule has 0 aliphatic carbocycles. The second kappa shape index (κ2) is 24.0. The molecule has 0 aliphatic heterocycles. The van der Waals surface area contributed by atoms with E-state index >= 15 is 0 Å². The standard InChI is InChI=1S/C38H51N9O6/c1-29(40-18-22-51-26-25-50-21-16-39)31-9-11-33(12-10-31)44-38-46-36(42-17-15-30-7-13-34(48)14-8-30)45-37(47-38)43-20-24-53-28-27-52-23-19-41-35(49)32-5-3-2-4-6-32/h2-14,40,48H,1,15-28,39H2,(H,41,49)(H3,42,43,44,45,46,47). The van der Waals surface area contributed by atoms with Gasteiger partial charge in [0.25, 0.3) is 5.91 Å². The van der Waals surface area contributed by atoms with Gasteiger partial charge < -0.3 is 56.4 Å². The fourth-order valence-electron chi connectivity index (χ4n) is 4.72. The minimum absolute atomic E-state index is 0.129. The largest absolute Gasteiger partial charge is 0.508 e. The van der Waals surface area contributed by atoms with Crippen LogP contribution in [-0.2, 0) is 25.4 Å². The van der Waals surface area contributed by atoms with Crippen molar-refractivity contribution in [3.63, 3.8) is 0 Å². The summed E-state index contributed by atoms with van der Waals surface area (Å²) < 4.78 is 22.1. The fourth-order valence-corrected chi connectivity index (χ4v) is 4.72. The zero-order chi connectivity index (χ0) is 37.4. The Morgan fingerprint density at radius 2 is 1.19 bits per heavy atom. The van der Waals surface area contributed by atoms with Gasteiger partial charge in [-0.05, 0) is 53.9 Å². The van der Waals surface area contributed by atoms with Crippen molar-refractivity contribution in [2.24, 2.45) is 5.73 Å². The summed E-state index contributed by atoms with van der Waals surface area (Å²) in [7, 11) is 0. The number of nitrogens with two attached hydrogens (primary N) is 1. The van der Waals surface area contributed by atoms with Gasteiger partial charge in [-0.15, -0.1) is 0 Å². The first-order chi connectivity index (χ1) is 26.0. The number of rotatable bonds is 27. The van der Waals surface area contributed by atoms with Gasteiger partial charge in [-0.1, -0.05) is 49.0 Å². The lowest BCUT2D eigenvalue weighted by atomic mass is 10.1. The highest BCUT2D eigenvalue weighted by Crippen LogP contribution is 2.19. The van der Waals surface area contributed by atoms with Gasteiger partial charge in [0.15, 0.2) is 0 Å². The van der Waals surface area contributed by atoms with Crippen LogP contribution in [-0.4, -0.2) is 112 Å². The number of amides is 1. The van der Waals surface area contributed by atoms with Gasteiger partial charge in [0.1, 0.15) is 5.75 Å². The number of hydrogen-bond donors (Lipinski definition) is 7. The molecule has 3 aromatic carbocycles. The van der Waals surface area contributed by atoms with Crippen molar-refractivity contribution in [3.8, 4) is 5.75 Å². The van der Waals surface area contributed by atoms with Gasteiger partial charge >= 0.3 is 0 Å². The van der Waals surface area contributed by atoms with E-state index in [0.29, 0.717) is 115 Å². The van der Waals surface area contributed by atoms with Gasteiger partial charge in [0, 0.05) is 49.7 Å². The Kier molecular flexibility index (Phi) is 18.3. The number of anilines is 4. The molecule has 0 aliphatic rings. The summed E-state index contributed by atoms with van der Waals surface area (Å²) in [5, 5.41) is 25.4. The lowest BCUT2D eigenvalue weighted by molar-refractivity contribution is 0.0519. The number of aromatic nitrogens is 3. The van der Waals surface area contributed by atoms with Crippen molar-refractivity contribution >= 4 is 35.1 Å². The van der Waals surface area contributed by atoms with E-state index in [2.05, 4.69) is 48.1 Å². The maximum Gasteiger partial charge on any atom is 0.251 e. The molecule has 4 aromatic rings. The summed E-state index contributed by atoms with van der Waals surface area (Å²) in [6.45, 7) is 10.4. The number of carbonyl (C=O) groups is 1. The molecule has 4 rings (SSSR count). The van der Waals surface area contributed by atoms with E-state index in [0.717, 1.165) is 22.5 Å². The van der Waals surface area contributed by atoms with Crippen LogP contribution in [0.1, 0.15) is 21.5 Å². The Morgan fingerprint density at radius 1 is 0.623 bits per heavy atom. The zero-order valence-corrected chi connectivity index (χ0v) is 30.0. The molecule has 0 fully saturated rings. The lowest BCUT2D eigenvalue weighted by Crippen LogP contribution is -2.27. The summed E-state index contributed by atoms with van der Waals surface area (Å²) in [6.07, 6.45) is 0.710. The topological polar surface area (TPSA) is 199 Å². The number of hydrogen-bond acceptors (Lipinski definition) is 14. The van der Waals surface area contributed by atoms with E-state index in [1.807, 2.05) is 54.6 Å². The number of phenols is 1. The highest BCUT2D eigenvalue weighted by Gasteiger charge is 2.09. The maximum atomic E-state index is 12.1. The van der Waals surface area contributed by atoms with Crippen LogP contribution in [0.4, 0.5) is 23.5 Å². The SMILES string of the molecule is C=C(NCCOCCOCCN)c1ccc(Nc2nc(NCCOCCOCCNC(=O)c3ccccc3)nc(NCCc3ccc(O)cc3)n2)cc1. The van der Waals surface area contributed by atoms with Crippen LogP contribution in [0.5, 0.6) is 5.75 Å². The summed E-state index contributed by atoms with van der Waals surface area (Å²) in [4.78, 5) is 25.8. The van der Waals surface area contributed by atoms with Crippen LogP contribution in [0, 0.1) is 0 Å². The van der Waals surface area contributed by atoms with Crippen molar-refractivity contribution in [1.82, 2.24) is 25.6 Å². The van der Waals surface area contributed by atoms with Crippen LogP contribution in [0.2, 0.25) is 0 Å². The number of phenolic OH excluding ortho intramolecular Hbond substituents is 1. The van der Waals surface area contributed by atoms with E-state index in [9.17, 15) is 9.90 Å². The monoisotopic (exact) mass is 729 g/mol. The second-order valence-electron chi connectivity index (χ2n) is 11.5. The van der Waals surface area contributed by atoms with Crippen molar-refractivity contribution in [2.75, 3.05) is 102 Å². The number of benzene rings is 3. The molecule has 0 saturated heterocycles. The first kappa shape index (κ1) is 40.5. The summed E-state index contributed by atoms with van der Waals surface area (Å²) >= 11 is 0. The van der Waals surface area contributed by atoms with Crippen molar-refractivity contribution in [3.05, 3.63) is 102 Å². The number of carbonyl (C=O) groups excluding carboxylic acids is 1. The third kappa shape index (κ3) is 16.3. The Morgan fingerprint density at radius 3 is 1.83 bits per heavy atom. The highest BCUT2D eigenvalue weighted by atomic mass is 16.5. The Balaban J connectivity index is 1.21. The first-order valence-electron chi connectivity index (χ1n) is 17.7. The molecule has 0 atom stereocenters. The molecule has 0 bridgehead atoms. The Hall–Kier alpha value is -5.32. The smallest absolute Gasteiger partial charge is 0.251 e. The summed E-state index contributed by atoms with van der Waals surface area (Å²) in [6, 6.07) is 23.9. The summed E-state index contributed by atoms with van der Waals surface area (Å²) in [5.41, 5.74) is 9.61. The molecule has 0 spiro atoms. The predicted molar refractivity (Wildman–Crippen MR) is 206 cm³/mol. The van der Waals surface area contributed by atoms with E-state index in [-0.39, 0.29) is 11.7 Å². The Labute approximate surface area is 310 Å². The third-order valence-electron chi connectivity index (χ3n) is 7.45. The molecule has 1 heterocycles. The van der Waals surface area contributed by atoms with Crippen LogP contribution < -0.4 is 32.3 Å². The quantitative estimate of drug-likeness (QED) is 0.0441. The highest BCUT2D eigenvalue weighted by molar-refractivity contribution is 5.94. The molecular weight excluding hydrogens is 678 g/mol. The molecule has 284 valence electrons. The number of nitrogens with zero attached hydrogens (tertiary/aromatic N) is 3. The van der Waals surface area contributed by atoms with Gasteiger partial charge in [-0.2, -0.15) is 15.0 Å². The molecule has 8 N–H and O–H groups in total. The molecule has 0 unspecified atom stereocenters. The summed E-state index contributed by atoms with van der Waals surface area (Å²) in [5.74, 6) is 1.24. The minimum atomic E-state index is -0.129. The molecule has 15 heteroatoms. The molecule has 15 nitrogen and oxygen atoms in total. The molecule has 53 heavy (non-hydrogen) atoms. The Bertz CT molecular complexity index is 1630. The van der Waals surface area contributed by atoms with Crippen LogP contribution in [0.25, 0.3) is 5.70 Å². The van der Waals surface area contributed by atoms with Gasteiger partial charge in [-0.3, -0.25) is 4.79 Å².